The molecule has 4 rings (SSSR count). The lowest BCUT2D eigenvalue weighted by atomic mass is 10.1. The quantitative estimate of drug-likeness (QED) is 0.300. The number of amides is 2. The molecule has 10 heteroatoms. The van der Waals surface area contributed by atoms with Crippen molar-refractivity contribution in [2.75, 3.05) is 10.6 Å². The molecule has 0 spiro atoms. The summed E-state index contributed by atoms with van der Waals surface area (Å²) < 4.78 is 40.4. The molecule has 0 bridgehead atoms. The van der Waals surface area contributed by atoms with Crippen molar-refractivity contribution in [1.82, 2.24) is 4.98 Å². The first kappa shape index (κ1) is 22.9. The lowest BCUT2D eigenvalue weighted by Crippen LogP contribution is -2.15. The van der Waals surface area contributed by atoms with Crippen LogP contribution in [0.5, 0.6) is 0 Å². The molecule has 5 nitrogen and oxygen atoms in total. The van der Waals surface area contributed by atoms with Gasteiger partial charge in [0.15, 0.2) is 3.92 Å². The van der Waals surface area contributed by atoms with Crippen molar-refractivity contribution in [3.05, 3.63) is 86.8 Å². The topological polar surface area (TPSA) is 71.1 Å². The minimum absolute atomic E-state index is 0.125. The van der Waals surface area contributed by atoms with Gasteiger partial charge in [0.1, 0.15) is 0 Å². The summed E-state index contributed by atoms with van der Waals surface area (Å²) >= 11 is 4.73. The van der Waals surface area contributed by atoms with Crippen LogP contribution in [0.1, 0.15) is 31.8 Å². The van der Waals surface area contributed by atoms with Gasteiger partial charge in [-0.2, -0.15) is 13.2 Å². The Morgan fingerprint density at radius 2 is 1.67 bits per heavy atom. The molecule has 33 heavy (non-hydrogen) atoms. The van der Waals surface area contributed by atoms with Crippen molar-refractivity contribution in [2.45, 2.75) is 13.1 Å². The Hall–Kier alpha value is -3.24. The second-order valence-electron chi connectivity index (χ2n) is 7.17. The number of hydrogen-bond donors (Lipinski definition) is 2. The maximum atomic E-state index is 12.9. The molecule has 2 N–H and O–H groups in total. The summed E-state index contributed by atoms with van der Waals surface area (Å²) in [5.41, 5.74) is 1.74. The average molecular weight is 534 g/mol. The van der Waals surface area contributed by atoms with Gasteiger partial charge in [-0.3, -0.25) is 9.59 Å². The van der Waals surface area contributed by atoms with Gasteiger partial charge in [0.05, 0.1) is 15.8 Å². The van der Waals surface area contributed by atoms with E-state index >= 15 is 0 Å². The third-order valence-electron chi connectivity index (χ3n) is 4.82. The average Bonchev–Trinajstić information content (AvgIpc) is 3.14. The van der Waals surface area contributed by atoms with Crippen LogP contribution in [0.3, 0.4) is 0 Å². The van der Waals surface area contributed by atoms with E-state index in [0.29, 0.717) is 16.9 Å². The SMILES string of the molecule is Cc1ccc(NC(=O)c2cccc(C(F)(F)F)c2)cc1NC(=O)c1ccc2nc(Br)sc2c1. The van der Waals surface area contributed by atoms with Gasteiger partial charge in [0.2, 0.25) is 0 Å². The highest BCUT2D eigenvalue weighted by Gasteiger charge is 2.30. The zero-order valence-corrected chi connectivity index (χ0v) is 19.4. The highest BCUT2D eigenvalue weighted by atomic mass is 79.9. The van der Waals surface area contributed by atoms with Crippen molar-refractivity contribution in [2.24, 2.45) is 0 Å². The van der Waals surface area contributed by atoms with Gasteiger partial charge in [-0.05, 0) is 76.9 Å². The fraction of sp³-hybridized carbons (Fsp3) is 0.0870. The van der Waals surface area contributed by atoms with Crippen LogP contribution in [0.4, 0.5) is 24.5 Å². The molecule has 0 aliphatic heterocycles. The largest absolute Gasteiger partial charge is 0.416 e. The summed E-state index contributed by atoms with van der Waals surface area (Å²) in [5.74, 6) is -1.03. The number of halogens is 4. The van der Waals surface area contributed by atoms with Gasteiger partial charge in [-0.25, -0.2) is 4.98 Å². The minimum atomic E-state index is -4.55. The number of aryl methyl sites for hydroxylation is 1. The summed E-state index contributed by atoms with van der Waals surface area (Å²) in [6.07, 6.45) is -4.55. The van der Waals surface area contributed by atoms with E-state index < -0.39 is 17.6 Å². The predicted octanol–water partition coefficient (Wildman–Crippen LogP) is 6.89. The molecule has 0 saturated carbocycles. The molecule has 0 radical (unpaired) electrons. The van der Waals surface area contributed by atoms with Gasteiger partial charge in [0.25, 0.3) is 11.8 Å². The number of fused-ring (bicyclic) bond motifs is 1. The van der Waals surface area contributed by atoms with Crippen LogP contribution in [-0.4, -0.2) is 16.8 Å². The Labute approximate surface area is 198 Å². The first-order chi connectivity index (χ1) is 15.6. The van der Waals surface area contributed by atoms with Crippen LogP contribution in [0, 0.1) is 6.92 Å². The smallest absolute Gasteiger partial charge is 0.322 e. The second-order valence-corrected chi connectivity index (χ2v) is 9.47. The molecule has 1 heterocycles. The number of benzene rings is 3. The Kier molecular flexibility index (Phi) is 6.22. The molecular weight excluding hydrogens is 519 g/mol. The second kappa shape index (κ2) is 8.95. The lowest BCUT2D eigenvalue weighted by Gasteiger charge is -2.13. The number of rotatable bonds is 4. The van der Waals surface area contributed by atoms with E-state index in [2.05, 4.69) is 31.5 Å². The number of nitrogens with one attached hydrogen (secondary N) is 2. The Morgan fingerprint density at radius 1 is 0.939 bits per heavy atom. The molecule has 4 aromatic rings. The van der Waals surface area contributed by atoms with E-state index in [-0.39, 0.29) is 11.5 Å². The van der Waals surface area contributed by atoms with Gasteiger partial charge in [-0.15, -0.1) is 11.3 Å². The number of hydrogen-bond acceptors (Lipinski definition) is 4. The van der Waals surface area contributed by atoms with Crippen molar-refractivity contribution in [3.63, 3.8) is 0 Å². The number of carbonyl (C=O) groups is 2. The maximum absolute atomic E-state index is 12.9. The fourth-order valence-electron chi connectivity index (χ4n) is 3.11. The van der Waals surface area contributed by atoms with E-state index in [1.807, 2.05) is 0 Å². The van der Waals surface area contributed by atoms with Crippen molar-refractivity contribution < 1.29 is 22.8 Å². The summed E-state index contributed by atoms with van der Waals surface area (Å²) in [5, 5.41) is 5.39. The third-order valence-corrected chi connectivity index (χ3v) is 6.29. The number of aromatic nitrogens is 1. The minimum Gasteiger partial charge on any atom is -0.322 e. The van der Waals surface area contributed by atoms with E-state index in [4.69, 9.17) is 0 Å². The number of carbonyl (C=O) groups excluding carboxylic acids is 2. The first-order valence-electron chi connectivity index (χ1n) is 9.57. The Morgan fingerprint density at radius 3 is 2.42 bits per heavy atom. The van der Waals surface area contributed by atoms with Crippen LogP contribution in [0.2, 0.25) is 0 Å². The zero-order valence-electron chi connectivity index (χ0n) is 17.0. The highest BCUT2D eigenvalue weighted by molar-refractivity contribution is 9.11. The molecule has 0 aliphatic carbocycles. The fourth-order valence-corrected chi connectivity index (χ4v) is 4.55. The molecule has 0 saturated heterocycles. The van der Waals surface area contributed by atoms with Gasteiger partial charge >= 0.3 is 6.18 Å². The van der Waals surface area contributed by atoms with Crippen molar-refractivity contribution in [3.8, 4) is 0 Å². The van der Waals surface area contributed by atoms with E-state index in [0.717, 1.165) is 31.8 Å². The summed E-state index contributed by atoms with van der Waals surface area (Å²) in [7, 11) is 0. The molecular formula is C23H15BrF3N3O2S. The molecule has 0 unspecified atom stereocenters. The van der Waals surface area contributed by atoms with Crippen molar-refractivity contribution in [1.29, 1.82) is 0 Å². The third kappa shape index (κ3) is 5.23. The highest BCUT2D eigenvalue weighted by Crippen LogP contribution is 2.30. The number of nitrogens with zero attached hydrogens (tertiary/aromatic N) is 1. The molecule has 1 aromatic heterocycles. The number of thiazole rings is 1. The van der Waals surface area contributed by atoms with Crippen LogP contribution < -0.4 is 10.6 Å². The maximum Gasteiger partial charge on any atom is 0.416 e. The van der Waals surface area contributed by atoms with Crippen LogP contribution in [0.15, 0.2) is 64.6 Å². The molecule has 3 aromatic carbocycles. The Bertz CT molecular complexity index is 1390. The predicted molar refractivity (Wildman–Crippen MR) is 126 cm³/mol. The Balaban J connectivity index is 1.52. The molecule has 0 fully saturated rings. The monoisotopic (exact) mass is 533 g/mol. The summed E-state index contributed by atoms with van der Waals surface area (Å²) in [4.78, 5) is 29.6. The molecule has 168 valence electrons. The van der Waals surface area contributed by atoms with Crippen LogP contribution >= 0.6 is 27.3 Å². The van der Waals surface area contributed by atoms with Crippen LogP contribution in [-0.2, 0) is 6.18 Å². The molecule has 0 aliphatic rings. The number of anilines is 2. The van der Waals surface area contributed by atoms with Gasteiger partial charge < -0.3 is 10.6 Å². The summed E-state index contributed by atoms with van der Waals surface area (Å²) in [6, 6.07) is 14.2. The summed E-state index contributed by atoms with van der Waals surface area (Å²) in [6.45, 7) is 1.79. The first-order valence-corrected chi connectivity index (χ1v) is 11.2. The molecule has 2 amide bonds. The normalized spacial score (nSPS) is 11.4. The number of alkyl halides is 3. The van der Waals surface area contributed by atoms with Crippen molar-refractivity contribution >= 4 is 60.7 Å². The van der Waals surface area contributed by atoms with Crippen LogP contribution in [0.25, 0.3) is 10.2 Å². The molecule has 0 atom stereocenters. The lowest BCUT2D eigenvalue weighted by molar-refractivity contribution is -0.137. The standard InChI is InChI=1S/C23H15BrF3N3O2S/c1-12-5-7-16(28-20(31)13-3-2-4-15(9-13)23(25,26)27)11-18(12)29-21(32)14-6-8-17-19(10-14)33-22(24)30-17/h2-11H,1H3,(H,28,31)(H,29,32). The van der Waals surface area contributed by atoms with E-state index in [1.165, 1.54) is 23.5 Å². The van der Waals surface area contributed by atoms with Gasteiger partial charge in [0, 0.05) is 22.5 Å². The van der Waals surface area contributed by atoms with E-state index in [9.17, 15) is 22.8 Å². The van der Waals surface area contributed by atoms with Gasteiger partial charge in [-0.1, -0.05) is 12.1 Å². The van der Waals surface area contributed by atoms with E-state index in [1.54, 1.807) is 43.3 Å². The zero-order chi connectivity index (χ0) is 23.8.